The maximum absolute atomic E-state index is 12.8. The van der Waals surface area contributed by atoms with Crippen LogP contribution in [0.25, 0.3) is 0 Å². The smallest absolute Gasteiger partial charge is 0.225 e. The molecule has 3 rings (SSSR count). The molecule has 1 heterocycles. The predicted molar refractivity (Wildman–Crippen MR) is 102 cm³/mol. The molecular formula is C20H28N2O2S. The molecule has 1 N–H and O–H groups in total. The molecule has 2 amide bonds. The second-order valence-electron chi connectivity index (χ2n) is 7.12. The molecule has 2 fully saturated rings. The first kappa shape index (κ1) is 18.3. The Balaban J connectivity index is 1.57. The van der Waals surface area contributed by atoms with E-state index in [1.165, 1.54) is 5.56 Å². The van der Waals surface area contributed by atoms with Crippen molar-refractivity contribution >= 4 is 23.6 Å². The van der Waals surface area contributed by atoms with E-state index in [1.807, 2.05) is 16.7 Å². The van der Waals surface area contributed by atoms with E-state index in [9.17, 15) is 9.59 Å². The highest BCUT2D eigenvalue weighted by Crippen LogP contribution is 2.31. The summed E-state index contributed by atoms with van der Waals surface area (Å²) in [5.74, 6) is 1.30. The average Bonchev–Trinajstić information content (AvgIpc) is 3.07. The van der Waals surface area contributed by atoms with Gasteiger partial charge in [0.15, 0.2) is 0 Å². The third-order valence-corrected chi connectivity index (χ3v) is 6.00. The lowest BCUT2D eigenvalue weighted by atomic mass is 9.83. The number of carbonyl (C=O) groups is 2. The fraction of sp³-hybridized carbons (Fsp3) is 0.600. The van der Waals surface area contributed by atoms with Gasteiger partial charge in [0.25, 0.3) is 0 Å². The van der Waals surface area contributed by atoms with Crippen molar-refractivity contribution in [2.45, 2.75) is 56.9 Å². The summed E-state index contributed by atoms with van der Waals surface area (Å²) < 4.78 is 0. The van der Waals surface area contributed by atoms with E-state index >= 15 is 0 Å². The predicted octanol–water partition coefficient (Wildman–Crippen LogP) is 3.35. The van der Waals surface area contributed by atoms with Gasteiger partial charge in [0.1, 0.15) is 0 Å². The minimum absolute atomic E-state index is 0.0495. The van der Waals surface area contributed by atoms with Gasteiger partial charge in [0.05, 0.1) is 5.92 Å². The number of hydrogen-bond donors (Lipinski definition) is 1. The molecule has 0 bridgehead atoms. The van der Waals surface area contributed by atoms with Crippen molar-refractivity contribution < 1.29 is 9.59 Å². The third-order valence-electron chi connectivity index (χ3n) is 5.38. The zero-order chi connectivity index (χ0) is 17.6. The van der Waals surface area contributed by atoms with Crippen LogP contribution in [-0.2, 0) is 21.9 Å². The lowest BCUT2D eigenvalue weighted by Gasteiger charge is -2.37. The number of nitrogens with one attached hydrogen (secondary N) is 1. The number of carbonyl (C=O) groups excluding carboxylic acids is 2. The van der Waals surface area contributed by atoms with Crippen molar-refractivity contribution in [3.8, 4) is 0 Å². The van der Waals surface area contributed by atoms with Crippen LogP contribution in [0.1, 0.15) is 49.7 Å². The van der Waals surface area contributed by atoms with Gasteiger partial charge in [-0.2, -0.15) is 11.8 Å². The lowest BCUT2D eigenvalue weighted by Crippen LogP contribution is -2.48. The maximum Gasteiger partial charge on any atom is 0.225 e. The Morgan fingerprint density at radius 2 is 1.88 bits per heavy atom. The first-order valence-electron chi connectivity index (χ1n) is 9.33. The van der Waals surface area contributed by atoms with E-state index < -0.39 is 0 Å². The molecule has 1 aliphatic carbocycles. The molecule has 2 aliphatic rings. The normalized spacial score (nSPS) is 23.7. The maximum atomic E-state index is 12.8. The monoisotopic (exact) mass is 360 g/mol. The standard InChI is InChI=1S/C20H28N2O2S/c1-25-14-16-10-8-15(9-11-16)13-21-20(24)17-5-2-3-6-18(17)22-12-4-7-19(22)23/h8-11,17-18H,2-7,12-14H2,1H3,(H,21,24)/t17-,18+/m1/s1. The highest BCUT2D eigenvalue weighted by atomic mass is 32.2. The third kappa shape index (κ3) is 4.57. The van der Waals surface area contributed by atoms with Crippen LogP contribution >= 0.6 is 11.8 Å². The second kappa shape index (κ2) is 8.75. The fourth-order valence-corrected chi connectivity index (χ4v) is 4.58. The van der Waals surface area contributed by atoms with Crippen LogP contribution in [0.15, 0.2) is 24.3 Å². The van der Waals surface area contributed by atoms with Crippen molar-refractivity contribution in [1.82, 2.24) is 10.2 Å². The number of thioether (sulfide) groups is 1. The topological polar surface area (TPSA) is 49.4 Å². The molecule has 2 atom stereocenters. The van der Waals surface area contributed by atoms with Crippen LogP contribution in [0.5, 0.6) is 0 Å². The molecule has 1 saturated carbocycles. The van der Waals surface area contributed by atoms with Crippen molar-refractivity contribution in [2.75, 3.05) is 12.8 Å². The molecule has 136 valence electrons. The van der Waals surface area contributed by atoms with Gasteiger partial charge in [0, 0.05) is 31.3 Å². The van der Waals surface area contributed by atoms with Gasteiger partial charge in [-0.3, -0.25) is 9.59 Å². The molecule has 1 aliphatic heterocycles. The number of rotatable bonds is 6. The summed E-state index contributed by atoms with van der Waals surface area (Å²) in [5, 5.41) is 3.11. The summed E-state index contributed by atoms with van der Waals surface area (Å²) in [6, 6.07) is 8.55. The van der Waals surface area contributed by atoms with E-state index in [0.29, 0.717) is 13.0 Å². The Morgan fingerprint density at radius 1 is 1.16 bits per heavy atom. The summed E-state index contributed by atoms with van der Waals surface area (Å²) in [6.45, 7) is 1.39. The molecular weight excluding hydrogens is 332 g/mol. The first-order chi connectivity index (χ1) is 12.2. The highest BCUT2D eigenvalue weighted by molar-refractivity contribution is 7.97. The summed E-state index contributed by atoms with van der Waals surface area (Å²) in [5.41, 5.74) is 2.44. The molecule has 4 nitrogen and oxygen atoms in total. The first-order valence-corrected chi connectivity index (χ1v) is 10.7. The van der Waals surface area contributed by atoms with Gasteiger partial charge in [-0.25, -0.2) is 0 Å². The van der Waals surface area contributed by atoms with E-state index in [0.717, 1.165) is 50.0 Å². The molecule has 0 aromatic heterocycles. The molecule has 0 unspecified atom stereocenters. The minimum atomic E-state index is -0.0495. The van der Waals surface area contributed by atoms with Gasteiger partial charge in [-0.1, -0.05) is 37.1 Å². The molecule has 0 spiro atoms. The molecule has 1 aromatic rings. The van der Waals surface area contributed by atoms with Crippen LogP contribution in [0, 0.1) is 5.92 Å². The number of amides is 2. The SMILES string of the molecule is CSCc1ccc(CNC(=O)[C@@H]2CCCC[C@@H]2N2CCCC2=O)cc1. The molecule has 1 saturated heterocycles. The summed E-state index contributed by atoms with van der Waals surface area (Å²) in [4.78, 5) is 26.8. The fourth-order valence-electron chi connectivity index (χ4n) is 4.05. The number of likely N-dealkylation sites (tertiary alicyclic amines) is 1. The summed E-state index contributed by atoms with van der Waals surface area (Å²) in [6.07, 6.45) is 7.74. The van der Waals surface area contributed by atoms with Crippen molar-refractivity contribution in [2.24, 2.45) is 5.92 Å². The van der Waals surface area contributed by atoms with Crippen LogP contribution < -0.4 is 5.32 Å². The van der Waals surface area contributed by atoms with Crippen molar-refractivity contribution in [3.05, 3.63) is 35.4 Å². The van der Waals surface area contributed by atoms with Crippen molar-refractivity contribution in [3.63, 3.8) is 0 Å². The molecule has 1 aromatic carbocycles. The Kier molecular flexibility index (Phi) is 6.40. The quantitative estimate of drug-likeness (QED) is 0.846. The Bertz CT molecular complexity index is 602. The molecule has 25 heavy (non-hydrogen) atoms. The zero-order valence-electron chi connectivity index (χ0n) is 15.0. The largest absolute Gasteiger partial charge is 0.352 e. The van der Waals surface area contributed by atoms with Crippen LogP contribution in [0.2, 0.25) is 0 Å². The second-order valence-corrected chi connectivity index (χ2v) is 7.98. The van der Waals surface area contributed by atoms with Gasteiger partial charge >= 0.3 is 0 Å². The number of benzene rings is 1. The van der Waals surface area contributed by atoms with Crippen LogP contribution in [-0.4, -0.2) is 35.6 Å². The van der Waals surface area contributed by atoms with Crippen molar-refractivity contribution in [1.29, 1.82) is 0 Å². The zero-order valence-corrected chi connectivity index (χ0v) is 15.8. The Hall–Kier alpha value is -1.49. The lowest BCUT2D eigenvalue weighted by molar-refractivity contribution is -0.135. The summed E-state index contributed by atoms with van der Waals surface area (Å²) >= 11 is 1.81. The van der Waals surface area contributed by atoms with Gasteiger partial charge < -0.3 is 10.2 Å². The number of hydrogen-bond acceptors (Lipinski definition) is 3. The Labute approximate surface area is 154 Å². The van der Waals surface area contributed by atoms with Crippen LogP contribution in [0.3, 0.4) is 0 Å². The minimum Gasteiger partial charge on any atom is -0.352 e. The summed E-state index contributed by atoms with van der Waals surface area (Å²) in [7, 11) is 0. The van der Waals surface area contributed by atoms with Gasteiger partial charge in [-0.15, -0.1) is 0 Å². The molecule has 5 heteroatoms. The van der Waals surface area contributed by atoms with E-state index in [2.05, 4.69) is 35.8 Å². The number of nitrogens with zero attached hydrogens (tertiary/aromatic N) is 1. The van der Waals surface area contributed by atoms with E-state index in [-0.39, 0.29) is 23.8 Å². The van der Waals surface area contributed by atoms with Gasteiger partial charge in [-0.05, 0) is 36.6 Å². The highest BCUT2D eigenvalue weighted by Gasteiger charge is 2.38. The van der Waals surface area contributed by atoms with E-state index in [1.54, 1.807) is 0 Å². The van der Waals surface area contributed by atoms with E-state index in [4.69, 9.17) is 0 Å². The average molecular weight is 361 g/mol. The van der Waals surface area contributed by atoms with Crippen LogP contribution in [0.4, 0.5) is 0 Å². The molecule has 0 radical (unpaired) electrons. The van der Waals surface area contributed by atoms with Gasteiger partial charge in [0.2, 0.25) is 11.8 Å². The Morgan fingerprint density at radius 3 is 2.56 bits per heavy atom.